The quantitative estimate of drug-likeness (QED) is 0.402. The van der Waals surface area contributed by atoms with Gasteiger partial charge >= 0.3 is 0 Å². The second kappa shape index (κ2) is 10.9. The highest BCUT2D eigenvalue weighted by Gasteiger charge is 2.00. The van der Waals surface area contributed by atoms with E-state index >= 15 is 0 Å². The van der Waals surface area contributed by atoms with Crippen LogP contribution in [0.4, 0.5) is 0 Å². The minimum atomic E-state index is 0.825. The van der Waals surface area contributed by atoms with Crippen LogP contribution < -0.4 is 4.74 Å². The average Bonchev–Trinajstić information content (AvgIpc) is 2.63. The smallest absolute Gasteiger partial charge is 0.119 e. The molecule has 2 rings (SSSR count). The normalized spacial score (nSPS) is 10.8. The molecule has 24 heavy (non-hydrogen) atoms. The minimum Gasteiger partial charge on any atom is -0.494 e. The summed E-state index contributed by atoms with van der Waals surface area (Å²) in [6, 6.07) is 17.5. The lowest BCUT2D eigenvalue weighted by Crippen LogP contribution is -1.96. The lowest BCUT2D eigenvalue weighted by molar-refractivity contribution is 0.305. The van der Waals surface area contributed by atoms with Crippen molar-refractivity contribution < 1.29 is 4.74 Å². The summed E-state index contributed by atoms with van der Waals surface area (Å²) >= 11 is 0. The maximum atomic E-state index is 5.82. The van der Waals surface area contributed by atoms with Gasteiger partial charge in [0.05, 0.1) is 6.61 Å². The molecule has 2 aromatic carbocycles. The van der Waals surface area contributed by atoms with Crippen LogP contribution in [0.2, 0.25) is 0 Å². The molecule has 0 saturated heterocycles. The molecule has 130 valence electrons. The Morgan fingerprint density at radius 2 is 1.21 bits per heavy atom. The van der Waals surface area contributed by atoms with Crippen molar-refractivity contribution in [1.82, 2.24) is 0 Å². The molecule has 0 saturated carbocycles. The van der Waals surface area contributed by atoms with E-state index < -0.39 is 0 Å². The number of unbranched alkanes of at least 4 members (excludes halogenated alkanes) is 5. The molecule has 2 aromatic rings. The van der Waals surface area contributed by atoms with Crippen molar-refractivity contribution in [2.75, 3.05) is 6.61 Å². The summed E-state index contributed by atoms with van der Waals surface area (Å²) in [6.07, 6.45) is 10.1. The van der Waals surface area contributed by atoms with Gasteiger partial charge in [-0.2, -0.15) is 0 Å². The molecule has 0 atom stereocenters. The summed E-state index contributed by atoms with van der Waals surface area (Å²) in [5, 5.41) is 0. The SMILES string of the molecule is CCCCCCOc1ccc(-c2ccc(CCCCC)cc2)cc1. The first-order valence-electron chi connectivity index (χ1n) is 9.65. The lowest BCUT2D eigenvalue weighted by atomic mass is 10.0. The molecular formula is C23H32O. The fraction of sp³-hybridized carbons (Fsp3) is 0.478. The summed E-state index contributed by atoms with van der Waals surface area (Å²) in [6.45, 7) is 5.31. The van der Waals surface area contributed by atoms with Gasteiger partial charge in [-0.05, 0) is 48.1 Å². The van der Waals surface area contributed by atoms with E-state index in [9.17, 15) is 0 Å². The Balaban J connectivity index is 1.83. The topological polar surface area (TPSA) is 9.23 Å². The summed E-state index contributed by atoms with van der Waals surface area (Å²) in [4.78, 5) is 0. The zero-order valence-corrected chi connectivity index (χ0v) is 15.4. The number of benzene rings is 2. The molecule has 0 aliphatic rings. The highest BCUT2D eigenvalue weighted by atomic mass is 16.5. The Bertz CT molecular complexity index is 554. The van der Waals surface area contributed by atoms with Gasteiger partial charge in [0.2, 0.25) is 0 Å². The highest BCUT2D eigenvalue weighted by Crippen LogP contribution is 2.23. The summed E-state index contributed by atoms with van der Waals surface area (Å²) in [5.41, 5.74) is 3.98. The van der Waals surface area contributed by atoms with E-state index in [2.05, 4.69) is 62.4 Å². The average molecular weight is 325 g/mol. The van der Waals surface area contributed by atoms with Crippen LogP contribution in [0, 0.1) is 0 Å². The van der Waals surface area contributed by atoms with Gasteiger partial charge in [0.15, 0.2) is 0 Å². The van der Waals surface area contributed by atoms with Crippen LogP contribution in [0.15, 0.2) is 48.5 Å². The van der Waals surface area contributed by atoms with Gasteiger partial charge in [-0.25, -0.2) is 0 Å². The molecule has 0 amide bonds. The van der Waals surface area contributed by atoms with Crippen molar-refractivity contribution in [1.29, 1.82) is 0 Å². The van der Waals surface area contributed by atoms with Crippen LogP contribution in [0.25, 0.3) is 11.1 Å². The summed E-state index contributed by atoms with van der Waals surface area (Å²) < 4.78 is 5.82. The molecule has 0 aliphatic heterocycles. The van der Waals surface area contributed by atoms with Crippen molar-refractivity contribution in [3.8, 4) is 16.9 Å². The summed E-state index contributed by atoms with van der Waals surface area (Å²) in [7, 11) is 0. The number of rotatable bonds is 11. The third kappa shape index (κ3) is 6.39. The van der Waals surface area contributed by atoms with Gasteiger partial charge in [0.25, 0.3) is 0 Å². The van der Waals surface area contributed by atoms with Crippen LogP contribution in [0.3, 0.4) is 0 Å². The molecule has 0 spiro atoms. The molecule has 0 fully saturated rings. The van der Waals surface area contributed by atoms with Gasteiger partial charge in [-0.3, -0.25) is 0 Å². The Morgan fingerprint density at radius 1 is 0.625 bits per heavy atom. The standard InChI is InChI=1S/C23H32O/c1-3-5-7-9-19-24-23-17-15-22(16-18-23)21-13-11-20(12-14-21)10-8-6-4-2/h11-18H,3-10,19H2,1-2H3. The molecule has 1 nitrogen and oxygen atoms in total. The first-order chi connectivity index (χ1) is 11.8. The van der Waals surface area contributed by atoms with Gasteiger partial charge in [-0.15, -0.1) is 0 Å². The van der Waals surface area contributed by atoms with Gasteiger partial charge in [-0.1, -0.05) is 82.3 Å². The number of hydrogen-bond donors (Lipinski definition) is 0. The second-order valence-corrected chi connectivity index (χ2v) is 6.59. The molecular weight excluding hydrogens is 292 g/mol. The molecule has 0 heterocycles. The predicted molar refractivity (Wildman–Crippen MR) is 105 cm³/mol. The van der Waals surface area contributed by atoms with Crippen molar-refractivity contribution in [3.05, 3.63) is 54.1 Å². The fourth-order valence-corrected chi connectivity index (χ4v) is 2.91. The van der Waals surface area contributed by atoms with Gasteiger partial charge in [0, 0.05) is 0 Å². The van der Waals surface area contributed by atoms with E-state index in [1.165, 1.54) is 61.6 Å². The van der Waals surface area contributed by atoms with E-state index in [4.69, 9.17) is 4.74 Å². The molecule has 0 unspecified atom stereocenters. The van der Waals surface area contributed by atoms with Crippen molar-refractivity contribution in [2.45, 2.75) is 65.2 Å². The monoisotopic (exact) mass is 324 g/mol. The molecule has 0 radical (unpaired) electrons. The first-order valence-corrected chi connectivity index (χ1v) is 9.65. The van der Waals surface area contributed by atoms with Crippen molar-refractivity contribution in [2.24, 2.45) is 0 Å². The molecule has 0 aromatic heterocycles. The lowest BCUT2D eigenvalue weighted by Gasteiger charge is -2.08. The number of ether oxygens (including phenoxy) is 1. The molecule has 1 heteroatoms. The van der Waals surface area contributed by atoms with Crippen molar-refractivity contribution in [3.63, 3.8) is 0 Å². The molecule has 0 N–H and O–H groups in total. The van der Waals surface area contributed by atoms with Crippen LogP contribution >= 0.6 is 0 Å². The molecule has 0 aliphatic carbocycles. The third-order valence-electron chi connectivity index (χ3n) is 4.48. The van der Waals surface area contributed by atoms with Gasteiger partial charge in [0.1, 0.15) is 5.75 Å². The third-order valence-corrected chi connectivity index (χ3v) is 4.48. The van der Waals surface area contributed by atoms with Crippen LogP contribution in [-0.2, 0) is 6.42 Å². The van der Waals surface area contributed by atoms with E-state index in [0.29, 0.717) is 0 Å². The Kier molecular flexibility index (Phi) is 8.45. The zero-order valence-electron chi connectivity index (χ0n) is 15.4. The van der Waals surface area contributed by atoms with E-state index in [1.807, 2.05) is 0 Å². The Hall–Kier alpha value is -1.76. The van der Waals surface area contributed by atoms with Crippen LogP contribution in [0.5, 0.6) is 5.75 Å². The second-order valence-electron chi connectivity index (χ2n) is 6.59. The van der Waals surface area contributed by atoms with Crippen molar-refractivity contribution >= 4 is 0 Å². The van der Waals surface area contributed by atoms with E-state index in [-0.39, 0.29) is 0 Å². The summed E-state index contributed by atoms with van der Waals surface area (Å²) in [5.74, 6) is 0.978. The minimum absolute atomic E-state index is 0.825. The molecule has 0 bridgehead atoms. The van der Waals surface area contributed by atoms with Gasteiger partial charge < -0.3 is 4.74 Å². The van der Waals surface area contributed by atoms with Crippen LogP contribution in [0.1, 0.15) is 64.4 Å². The number of hydrogen-bond acceptors (Lipinski definition) is 1. The number of aryl methyl sites for hydroxylation is 1. The predicted octanol–water partition coefficient (Wildman–Crippen LogP) is 7.05. The Morgan fingerprint density at radius 3 is 1.83 bits per heavy atom. The maximum Gasteiger partial charge on any atom is 0.119 e. The highest BCUT2D eigenvalue weighted by molar-refractivity contribution is 5.64. The Labute approximate surface area is 148 Å². The fourth-order valence-electron chi connectivity index (χ4n) is 2.91. The largest absolute Gasteiger partial charge is 0.494 e. The maximum absolute atomic E-state index is 5.82. The van der Waals surface area contributed by atoms with E-state index in [1.54, 1.807) is 0 Å². The van der Waals surface area contributed by atoms with E-state index in [0.717, 1.165) is 18.8 Å². The first kappa shape index (κ1) is 18.6. The van der Waals surface area contributed by atoms with Crippen LogP contribution in [-0.4, -0.2) is 6.61 Å². The zero-order chi connectivity index (χ0) is 17.0.